The minimum atomic E-state index is -3.53. The SMILES string of the molecule is O=S(=O)(c1ccc(-n2cc(B(O)O)cn2)cc1)N1CCOCC1. The largest absolute Gasteiger partial charge is 0.491 e. The maximum Gasteiger partial charge on any atom is 0.491 e. The molecule has 2 N–H and O–H groups in total. The zero-order chi connectivity index (χ0) is 16.4. The van der Waals surface area contributed by atoms with E-state index in [-0.39, 0.29) is 10.4 Å². The van der Waals surface area contributed by atoms with Gasteiger partial charge in [-0.2, -0.15) is 9.40 Å². The highest BCUT2D eigenvalue weighted by Gasteiger charge is 2.26. The average Bonchev–Trinajstić information content (AvgIpc) is 3.06. The molecule has 1 aromatic heterocycles. The van der Waals surface area contributed by atoms with Crippen molar-refractivity contribution in [3.63, 3.8) is 0 Å². The Morgan fingerprint density at radius 1 is 1.13 bits per heavy atom. The van der Waals surface area contributed by atoms with E-state index < -0.39 is 17.1 Å². The summed E-state index contributed by atoms with van der Waals surface area (Å²) in [5, 5.41) is 22.2. The number of ether oxygens (including phenoxy) is 1. The summed E-state index contributed by atoms with van der Waals surface area (Å²) in [5.41, 5.74) is 0.882. The summed E-state index contributed by atoms with van der Waals surface area (Å²) in [6, 6.07) is 6.26. The number of benzene rings is 1. The molecule has 122 valence electrons. The third-order valence-corrected chi connectivity index (χ3v) is 5.52. The van der Waals surface area contributed by atoms with Crippen LogP contribution in [0, 0.1) is 0 Å². The summed E-state index contributed by atoms with van der Waals surface area (Å²) in [4.78, 5) is 0.206. The van der Waals surface area contributed by atoms with Crippen LogP contribution in [0.4, 0.5) is 0 Å². The van der Waals surface area contributed by atoms with Gasteiger partial charge in [0.1, 0.15) is 0 Å². The van der Waals surface area contributed by atoms with Gasteiger partial charge in [0.2, 0.25) is 10.0 Å². The Balaban J connectivity index is 1.83. The van der Waals surface area contributed by atoms with Crippen molar-refractivity contribution in [2.24, 2.45) is 0 Å². The van der Waals surface area contributed by atoms with Crippen LogP contribution in [0.3, 0.4) is 0 Å². The number of nitrogens with zero attached hydrogens (tertiary/aromatic N) is 3. The second-order valence-corrected chi connectivity index (χ2v) is 7.04. The van der Waals surface area contributed by atoms with Gasteiger partial charge >= 0.3 is 7.12 Å². The quantitative estimate of drug-likeness (QED) is 0.663. The van der Waals surface area contributed by atoms with Gasteiger partial charge in [0.05, 0.1) is 23.8 Å². The van der Waals surface area contributed by atoms with Gasteiger partial charge < -0.3 is 14.8 Å². The van der Waals surface area contributed by atoms with Crippen molar-refractivity contribution < 1.29 is 23.2 Å². The smallest absolute Gasteiger partial charge is 0.423 e. The molecule has 23 heavy (non-hydrogen) atoms. The van der Waals surface area contributed by atoms with Gasteiger partial charge in [-0.3, -0.25) is 0 Å². The Bertz CT molecular complexity index is 769. The zero-order valence-corrected chi connectivity index (χ0v) is 13.1. The molecule has 0 aliphatic carbocycles. The van der Waals surface area contributed by atoms with Gasteiger partial charge in [0, 0.05) is 30.9 Å². The molecule has 1 fully saturated rings. The van der Waals surface area contributed by atoms with Crippen molar-refractivity contribution in [1.29, 1.82) is 0 Å². The normalized spacial score (nSPS) is 16.4. The summed E-state index contributed by atoms with van der Waals surface area (Å²) < 4.78 is 33.0. The first-order valence-electron chi connectivity index (χ1n) is 7.07. The fraction of sp³-hybridized carbons (Fsp3) is 0.308. The van der Waals surface area contributed by atoms with Gasteiger partial charge in [-0.25, -0.2) is 13.1 Å². The monoisotopic (exact) mass is 337 g/mol. The van der Waals surface area contributed by atoms with Crippen LogP contribution >= 0.6 is 0 Å². The van der Waals surface area contributed by atoms with E-state index in [9.17, 15) is 8.42 Å². The summed E-state index contributed by atoms with van der Waals surface area (Å²) >= 11 is 0. The van der Waals surface area contributed by atoms with E-state index in [1.807, 2.05) is 0 Å². The summed E-state index contributed by atoms with van der Waals surface area (Å²) in [6.45, 7) is 1.50. The van der Waals surface area contributed by atoms with Crippen molar-refractivity contribution in [2.75, 3.05) is 26.3 Å². The molecule has 2 aromatic rings. The van der Waals surface area contributed by atoms with Crippen LogP contribution in [0.1, 0.15) is 0 Å². The lowest BCUT2D eigenvalue weighted by atomic mass is 9.83. The van der Waals surface area contributed by atoms with Crippen LogP contribution in [0.15, 0.2) is 41.6 Å². The summed E-state index contributed by atoms with van der Waals surface area (Å²) in [6.07, 6.45) is 2.80. The van der Waals surface area contributed by atoms with Crippen molar-refractivity contribution in [2.45, 2.75) is 4.90 Å². The summed E-state index contributed by atoms with van der Waals surface area (Å²) in [5.74, 6) is 0. The van der Waals surface area contributed by atoms with E-state index >= 15 is 0 Å². The molecule has 0 saturated carbocycles. The van der Waals surface area contributed by atoms with Crippen LogP contribution < -0.4 is 5.46 Å². The van der Waals surface area contributed by atoms with Crippen molar-refractivity contribution in [3.05, 3.63) is 36.7 Å². The summed E-state index contributed by atoms with van der Waals surface area (Å²) in [7, 11) is -5.12. The molecule has 1 aliphatic rings. The number of aromatic nitrogens is 2. The van der Waals surface area contributed by atoms with E-state index in [2.05, 4.69) is 5.10 Å². The zero-order valence-electron chi connectivity index (χ0n) is 12.2. The molecule has 10 heteroatoms. The standard InChI is InChI=1S/C13H16BN3O5S/c18-14(19)11-9-15-17(10-11)12-1-3-13(4-2-12)23(20,21)16-5-7-22-8-6-16/h1-4,9-10,18-19H,5-8H2. The molecule has 0 unspecified atom stereocenters. The Labute approximate surface area is 134 Å². The molecule has 1 saturated heterocycles. The lowest BCUT2D eigenvalue weighted by Crippen LogP contribution is -2.40. The van der Waals surface area contributed by atoms with Crippen molar-refractivity contribution in [1.82, 2.24) is 14.1 Å². The van der Waals surface area contributed by atoms with E-state index in [1.54, 1.807) is 12.1 Å². The van der Waals surface area contributed by atoms with Crippen LogP contribution in [0.25, 0.3) is 5.69 Å². The van der Waals surface area contributed by atoms with Gasteiger partial charge in [-0.15, -0.1) is 0 Å². The van der Waals surface area contributed by atoms with Crippen LogP contribution in [0.2, 0.25) is 0 Å². The number of hydrogen-bond acceptors (Lipinski definition) is 6. The van der Waals surface area contributed by atoms with Crippen LogP contribution in [-0.2, 0) is 14.8 Å². The predicted octanol–water partition coefficient (Wildman–Crippen LogP) is -1.43. The number of hydrogen-bond donors (Lipinski definition) is 2. The van der Waals surface area contributed by atoms with Crippen LogP contribution in [-0.4, -0.2) is 66.0 Å². The molecule has 1 aliphatic heterocycles. The second kappa shape index (κ2) is 6.42. The Kier molecular flexibility index (Phi) is 4.51. The van der Waals surface area contributed by atoms with Gasteiger partial charge in [0.25, 0.3) is 0 Å². The van der Waals surface area contributed by atoms with Gasteiger partial charge in [-0.1, -0.05) is 0 Å². The Morgan fingerprint density at radius 3 is 2.35 bits per heavy atom. The van der Waals surface area contributed by atoms with Crippen LogP contribution in [0.5, 0.6) is 0 Å². The number of morpholine rings is 1. The van der Waals surface area contributed by atoms with E-state index in [0.717, 1.165) is 0 Å². The highest BCUT2D eigenvalue weighted by atomic mass is 32.2. The molecule has 0 bridgehead atoms. The minimum absolute atomic E-state index is 0.206. The first-order valence-corrected chi connectivity index (χ1v) is 8.51. The fourth-order valence-corrected chi connectivity index (χ4v) is 3.73. The molecule has 0 spiro atoms. The molecule has 0 amide bonds. The molecule has 2 heterocycles. The number of sulfonamides is 1. The molecular weight excluding hydrogens is 321 g/mol. The van der Waals surface area contributed by atoms with E-state index in [0.29, 0.717) is 32.0 Å². The molecule has 0 atom stereocenters. The highest BCUT2D eigenvalue weighted by molar-refractivity contribution is 7.89. The third kappa shape index (κ3) is 3.31. The first kappa shape index (κ1) is 16.2. The van der Waals surface area contributed by atoms with E-state index in [4.69, 9.17) is 14.8 Å². The van der Waals surface area contributed by atoms with Gasteiger partial charge in [-0.05, 0) is 24.3 Å². The molecule has 3 rings (SSSR count). The average molecular weight is 337 g/mol. The molecule has 0 radical (unpaired) electrons. The maximum absolute atomic E-state index is 12.5. The minimum Gasteiger partial charge on any atom is -0.423 e. The highest BCUT2D eigenvalue weighted by Crippen LogP contribution is 2.18. The second-order valence-electron chi connectivity index (χ2n) is 5.10. The third-order valence-electron chi connectivity index (χ3n) is 3.61. The maximum atomic E-state index is 12.5. The van der Waals surface area contributed by atoms with Gasteiger partial charge in [0.15, 0.2) is 0 Å². The van der Waals surface area contributed by atoms with Crippen molar-refractivity contribution >= 4 is 22.6 Å². The Hall–Kier alpha value is -1.72. The topological polar surface area (TPSA) is 105 Å². The molecular formula is C13H16BN3O5S. The fourth-order valence-electron chi connectivity index (χ4n) is 2.32. The lowest BCUT2D eigenvalue weighted by Gasteiger charge is -2.26. The van der Waals surface area contributed by atoms with Crippen molar-refractivity contribution in [3.8, 4) is 5.69 Å². The van der Waals surface area contributed by atoms with E-state index in [1.165, 1.54) is 33.5 Å². The first-order chi connectivity index (χ1) is 11.0. The molecule has 8 nitrogen and oxygen atoms in total. The lowest BCUT2D eigenvalue weighted by molar-refractivity contribution is 0.0730. The number of rotatable bonds is 4. The Morgan fingerprint density at radius 2 is 1.78 bits per heavy atom. The molecule has 1 aromatic carbocycles. The predicted molar refractivity (Wildman–Crippen MR) is 83.0 cm³/mol.